The quantitative estimate of drug-likeness (QED) is 0.317. The normalized spacial score (nSPS) is 7.50. The van der Waals surface area contributed by atoms with Crippen LogP contribution >= 0.6 is 0 Å². The van der Waals surface area contributed by atoms with Gasteiger partial charge in [0.15, 0.2) is 0 Å². The lowest BCUT2D eigenvalue weighted by Crippen LogP contribution is -2.23. The van der Waals surface area contributed by atoms with Gasteiger partial charge in [0, 0.05) is 15.5 Å². The van der Waals surface area contributed by atoms with Crippen molar-refractivity contribution in [1.29, 1.82) is 5.41 Å². The second-order valence-corrected chi connectivity index (χ2v) is 1.21. The van der Waals surface area contributed by atoms with Gasteiger partial charge in [-0.3, -0.25) is 0 Å². The minimum Gasteiger partial charge on any atom is -0.321 e. The Balaban J connectivity index is 3.26. The summed E-state index contributed by atoms with van der Waals surface area (Å²) < 4.78 is 0. The van der Waals surface area contributed by atoms with Gasteiger partial charge in [-0.05, 0) is 12.5 Å². The van der Waals surface area contributed by atoms with E-state index in [-0.39, 0.29) is 0 Å². The van der Waals surface area contributed by atoms with Crippen molar-refractivity contribution in [2.45, 2.75) is 6.92 Å². The van der Waals surface area contributed by atoms with Crippen molar-refractivity contribution in [3.63, 3.8) is 0 Å². The molecular weight excluding hydrogens is 70.5 g/mol. The third-order valence-corrected chi connectivity index (χ3v) is 0.500. The molecule has 0 spiro atoms. The Hall–Kier alpha value is -0.135. The Labute approximate surface area is 40.9 Å². The van der Waals surface area contributed by atoms with Crippen LogP contribution in [0.4, 0.5) is 0 Å². The van der Waals surface area contributed by atoms with Crippen LogP contribution in [0.2, 0.25) is 0 Å². The molecule has 0 saturated heterocycles. The average molecular weight is 74.5 g/mol. The Morgan fingerprint density at radius 1 is 1.67 bits per heavy atom. The molecule has 6 heavy (non-hydrogen) atoms. The first-order chi connectivity index (χ1) is 2.64. The molecule has 4 heteroatoms. The third kappa shape index (κ3) is 2.12. The van der Waals surface area contributed by atoms with Gasteiger partial charge in [0.1, 0.15) is 0 Å². The van der Waals surface area contributed by atoms with Crippen LogP contribution in [0.5, 0.6) is 0 Å². The van der Waals surface area contributed by atoms with Gasteiger partial charge in [-0.15, -0.1) is 0 Å². The zero-order valence-corrected chi connectivity index (χ0v) is 3.73. The molecule has 1 N–H and O–H groups in total. The summed E-state index contributed by atoms with van der Waals surface area (Å²) in [6.45, 7) is 1.01. The van der Waals surface area contributed by atoms with Crippen molar-refractivity contribution in [2.24, 2.45) is 0 Å². The largest absolute Gasteiger partial charge is 0.321 e. The highest BCUT2D eigenvalue weighted by Crippen LogP contribution is 1.66. The van der Waals surface area contributed by atoms with Crippen LogP contribution < -0.4 is 0 Å². The molecule has 0 aromatic rings. The van der Waals surface area contributed by atoms with Crippen LogP contribution in [-0.4, -0.2) is 27.6 Å². The van der Waals surface area contributed by atoms with Gasteiger partial charge in [0.05, 0.1) is 6.49 Å². The summed E-state index contributed by atoms with van der Waals surface area (Å²) >= 11 is 0. The SMILES string of the molecule is [B]B([B])C(C)=N. The van der Waals surface area contributed by atoms with E-state index in [9.17, 15) is 0 Å². The Kier molecular flexibility index (Phi) is 2.06. The van der Waals surface area contributed by atoms with E-state index < -0.39 is 6.49 Å². The maximum atomic E-state index is 6.70. The molecule has 4 radical (unpaired) electrons. The fraction of sp³-hybridized carbons (Fsp3) is 0.500. The van der Waals surface area contributed by atoms with E-state index in [1.165, 1.54) is 0 Å². The van der Waals surface area contributed by atoms with Gasteiger partial charge in [-0.25, -0.2) is 0 Å². The lowest BCUT2D eigenvalue weighted by Gasteiger charge is -1.91. The van der Waals surface area contributed by atoms with Gasteiger partial charge in [-0.1, -0.05) is 0 Å². The van der Waals surface area contributed by atoms with Crippen molar-refractivity contribution >= 4 is 27.6 Å². The molecule has 0 aliphatic carbocycles. The van der Waals surface area contributed by atoms with E-state index in [0.717, 1.165) is 0 Å². The second-order valence-electron chi connectivity index (χ2n) is 1.21. The summed E-state index contributed by atoms with van der Waals surface area (Å²) in [5, 5.41) is 6.70. The molecule has 1 nitrogen and oxygen atoms in total. The molecule has 26 valence electrons. The van der Waals surface area contributed by atoms with Crippen LogP contribution in [0.1, 0.15) is 6.92 Å². The summed E-state index contributed by atoms with van der Waals surface area (Å²) in [7, 11) is 9.98. The number of hydrogen-bond donors (Lipinski definition) is 1. The highest BCUT2D eigenvalue weighted by molar-refractivity contribution is 7.42. The first-order valence-corrected chi connectivity index (χ1v) is 1.71. The fourth-order valence-electron chi connectivity index (χ4n) is 0. The van der Waals surface area contributed by atoms with E-state index in [2.05, 4.69) is 0 Å². The maximum Gasteiger partial charge on any atom is 0.0976 e. The maximum absolute atomic E-state index is 6.70. The minimum atomic E-state index is -0.565. The lowest BCUT2D eigenvalue weighted by atomic mass is 9.17. The standard InChI is InChI=1S/C2H4B3N/c1-2(6)5(3)4/h6H,1H3. The molecule has 0 aromatic heterocycles. The van der Waals surface area contributed by atoms with Gasteiger partial charge in [0.2, 0.25) is 0 Å². The topological polar surface area (TPSA) is 23.9 Å². The second kappa shape index (κ2) is 2.11. The molecule has 0 amide bonds. The van der Waals surface area contributed by atoms with Gasteiger partial charge in [-0.2, -0.15) is 0 Å². The van der Waals surface area contributed by atoms with Crippen molar-refractivity contribution in [2.75, 3.05) is 0 Å². The van der Waals surface area contributed by atoms with E-state index in [1.807, 2.05) is 0 Å². The molecule has 0 aliphatic rings. The highest BCUT2D eigenvalue weighted by atomic mass is 14.3. The van der Waals surface area contributed by atoms with E-state index in [1.54, 1.807) is 6.92 Å². The van der Waals surface area contributed by atoms with E-state index in [0.29, 0.717) is 5.61 Å². The van der Waals surface area contributed by atoms with Crippen molar-refractivity contribution in [3.05, 3.63) is 0 Å². The zero-order chi connectivity index (χ0) is 5.15. The molecular formula is C2H4B3N. The molecule has 0 unspecified atom stereocenters. The van der Waals surface area contributed by atoms with Gasteiger partial charge >= 0.3 is 0 Å². The summed E-state index contributed by atoms with van der Waals surface area (Å²) in [4.78, 5) is 0. The van der Waals surface area contributed by atoms with Crippen molar-refractivity contribution in [3.8, 4) is 0 Å². The first-order valence-electron chi connectivity index (χ1n) is 1.71. The van der Waals surface area contributed by atoms with Gasteiger partial charge in [0.25, 0.3) is 0 Å². The number of nitrogens with one attached hydrogen (secondary N) is 1. The van der Waals surface area contributed by atoms with E-state index in [4.69, 9.17) is 20.9 Å². The Bertz CT molecular complexity index is 59.8. The zero-order valence-electron chi connectivity index (χ0n) is 3.73. The van der Waals surface area contributed by atoms with Crippen LogP contribution in [0.3, 0.4) is 0 Å². The summed E-state index contributed by atoms with van der Waals surface area (Å²) in [5.41, 5.74) is 0.315. The number of hydrogen-bond acceptors (Lipinski definition) is 1. The van der Waals surface area contributed by atoms with Crippen LogP contribution in [-0.2, 0) is 0 Å². The van der Waals surface area contributed by atoms with Crippen LogP contribution in [0, 0.1) is 5.41 Å². The fourth-order valence-corrected chi connectivity index (χ4v) is 0. The molecule has 0 heterocycles. The average Bonchev–Trinajstić information content (AvgIpc) is 1.36. The summed E-state index contributed by atoms with van der Waals surface area (Å²) in [6, 6.07) is 0. The monoisotopic (exact) mass is 75.1 g/mol. The molecule has 0 rings (SSSR count). The molecule has 0 saturated carbocycles. The summed E-state index contributed by atoms with van der Waals surface area (Å²) in [6.07, 6.45) is 0. The molecule has 0 atom stereocenters. The third-order valence-electron chi connectivity index (χ3n) is 0.500. The Morgan fingerprint density at radius 3 is 1.83 bits per heavy atom. The van der Waals surface area contributed by atoms with Crippen LogP contribution in [0.15, 0.2) is 0 Å². The predicted octanol–water partition coefficient (Wildman–Crippen LogP) is -0.610. The molecule has 0 fully saturated rings. The van der Waals surface area contributed by atoms with Crippen molar-refractivity contribution in [1.82, 2.24) is 0 Å². The number of rotatable bonds is 1. The van der Waals surface area contributed by atoms with Crippen molar-refractivity contribution < 1.29 is 0 Å². The smallest absolute Gasteiger partial charge is 0.0976 e. The van der Waals surface area contributed by atoms with Gasteiger partial charge < -0.3 is 5.41 Å². The lowest BCUT2D eigenvalue weighted by molar-refractivity contribution is 1.53. The minimum absolute atomic E-state index is 0.315. The Morgan fingerprint density at radius 2 is 1.83 bits per heavy atom. The van der Waals surface area contributed by atoms with E-state index >= 15 is 0 Å². The predicted molar refractivity (Wildman–Crippen MR) is 30.7 cm³/mol. The molecule has 0 aromatic carbocycles. The molecule has 0 bridgehead atoms. The first kappa shape index (κ1) is 5.86. The van der Waals surface area contributed by atoms with Crippen LogP contribution in [0.25, 0.3) is 0 Å². The summed E-state index contributed by atoms with van der Waals surface area (Å²) in [5.74, 6) is 0. The molecule has 0 aliphatic heterocycles. The highest BCUT2D eigenvalue weighted by Gasteiger charge is 1.94.